The molecule has 0 unspecified atom stereocenters. The number of hydrogen-bond donors (Lipinski definition) is 3. The van der Waals surface area contributed by atoms with Gasteiger partial charge in [0.15, 0.2) is 0 Å². The van der Waals surface area contributed by atoms with Crippen molar-refractivity contribution in [1.29, 1.82) is 0 Å². The van der Waals surface area contributed by atoms with Gasteiger partial charge in [0.1, 0.15) is 17.5 Å². The van der Waals surface area contributed by atoms with Gasteiger partial charge in [-0.15, -0.1) is 5.10 Å². The van der Waals surface area contributed by atoms with E-state index in [0.29, 0.717) is 24.6 Å². The quantitative estimate of drug-likeness (QED) is 0.564. The Bertz CT molecular complexity index is 797. The molecule has 2 aromatic rings. The first-order valence-corrected chi connectivity index (χ1v) is 9.97. The minimum absolute atomic E-state index is 0.0140. The molecule has 0 aliphatic carbocycles. The molecule has 10 nitrogen and oxygen atoms in total. The second kappa shape index (κ2) is 10.9. The molecule has 0 spiro atoms. The average molecular weight is 419 g/mol. The summed E-state index contributed by atoms with van der Waals surface area (Å²) in [7, 11) is 3.21. The van der Waals surface area contributed by atoms with Crippen LogP contribution in [-0.4, -0.2) is 65.2 Å². The molecule has 3 atom stereocenters. The number of aliphatic hydroxyl groups is 1. The number of carbonyl (C=O) groups is 1. The van der Waals surface area contributed by atoms with Crippen molar-refractivity contribution in [2.24, 2.45) is 0 Å². The van der Waals surface area contributed by atoms with Gasteiger partial charge < -0.3 is 30.0 Å². The molecule has 2 heterocycles. The zero-order valence-electron chi connectivity index (χ0n) is 17.3. The van der Waals surface area contributed by atoms with E-state index in [9.17, 15) is 9.90 Å². The lowest BCUT2D eigenvalue weighted by atomic mass is 9.97. The van der Waals surface area contributed by atoms with Crippen LogP contribution >= 0.6 is 0 Å². The highest BCUT2D eigenvalue weighted by Gasteiger charge is 2.31. The second-order valence-corrected chi connectivity index (χ2v) is 7.18. The molecular weight excluding hydrogens is 390 g/mol. The van der Waals surface area contributed by atoms with Crippen molar-refractivity contribution in [2.45, 2.75) is 50.7 Å². The predicted molar refractivity (Wildman–Crippen MR) is 109 cm³/mol. The van der Waals surface area contributed by atoms with Crippen LogP contribution in [0.4, 0.5) is 10.5 Å². The second-order valence-electron chi connectivity index (χ2n) is 7.18. The number of rotatable bonds is 9. The smallest absolute Gasteiger partial charge is 0.319 e. The highest BCUT2D eigenvalue weighted by molar-refractivity contribution is 5.89. The Balaban J connectivity index is 1.45. The Morgan fingerprint density at radius 3 is 2.80 bits per heavy atom. The number of aliphatic hydroxyl groups excluding tert-OH is 1. The number of nitrogens with zero attached hydrogens (tertiary/aromatic N) is 3. The fourth-order valence-corrected chi connectivity index (χ4v) is 3.46. The molecule has 0 saturated carbocycles. The van der Waals surface area contributed by atoms with Crippen LogP contribution in [0.25, 0.3) is 0 Å². The van der Waals surface area contributed by atoms with Crippen LogP contribution in [0.3, 0.4) is 0 Å². The van der Waals surface area contributed by atoms with E-state index >= 15 is 0 Å². The lowest BCUT2D eigenvalue weighted by Gasteiger charge is -2.36. The monoisotopic (exact) mass is 419 g/mol. The van der Waals surface area contributed by atoms with Crippen LogP contribution in [0.15, 0.2) is 30.5 Å². The summed E-state index contributed by atoms with van der Waals surface area (Å²) in [5.41, 5.74) is 1.44. The van der Waals surface area contributed by atoms with Crippen molar-refractivity contribution >= 4 is 11.7 Å². The minimum atomic E-state index is -0.454. The van der Waals surface area contributed by atoms with Crippen LogP contribution in [0, 0.1) is 0 Å². The van der Waals surface area contributed by atoms with E-state index in [-0.39, 0.29) is 24.8 Å². The van der Waals surface area contributed by atoms with Gasteiger partial charge in [-0.2, -0.15) is 0 Å². The molecule has 164 valence electrons. The van der Waals surface area contributed by atoms with Gasteiger partial charge in [0.2, 0.25) is 0 Å². The van der Waals surface area contributed by atoms with E-state index in [1.807, 2.05) is 6.20 Å². The molecule has 30 heavy (non-hydrogen) atoms. The molecule has 10 heteroatoms. The van der Waals surface area contributed by atoms with Crippen molar-refractivity contribution in [2.75, 3.05) is 26.1 Å². The van der Waals surface area contributed by atoms with Crippen LogP contribution in [-0.2, 0) is 22.6 Å². The lowest BCUT2D eigenvalue weighted by molar-refractivity contribution is -0.0905. The molecule has 0 bridgehead atoms. The molecule has 1 aliphatic rings. The normalized spacial score (nSPS) is 21.2. The number of benzene rings is 1. The molecule has 1 aromatic carbocycles. The van der Waals surface area contributed by atoms with Crippen molar-refractivity contribution in [3.63, 3.8) is 0 Å². The van der Waals surface area contributed by atoms with Gasteiger partial charge in [-0.1, -0.05) is 5.21 Å². The summed E-state index contributed by atoms with van der Waals surface area (Å²) in [5, 5.41) is 23.5. The van der Waals surface area contributed by atoms with Crippen LogP contribution in [0.1, 0.15) is 25.0 Å². The summed E-state index contributed by atoms with van der Waals surface area (Å²) >= 11 is 0. The molecule has 1 saturated heterocycles. The Kier molecular flexibility index (Phi) is 8.00. The maximum absolute atomic E-state index is 12.3. The highest BCUT2D eigenvalue weighted by Crippen LogP contribution is 2.23. The Morgan fingerprint density at radius 2 is 2.10 bits per heavy atom. The van der Waals surface area contributed by atoms with Crippen LogP contribution in [0.5, 0.6) is 5.75 Å². The third kappa shape index (κ3) is 6.15. The zero-order valence-corrected chi connectivity index (χ0v) is 17.3. The number of aryl methyl sites for hydroxylation is 1. The molecule has 0 radical (unpaired) electrons. The van der Waals surface area contributed by atoms with Gasteiger partial charge in [0, 0.05) is 19.3 Å². The number of methoxy groups -OCH3 is 2. The number of nitrogens with one attached hydrogen (secondary N) is 2. The van der Waals surface area contributed by atoms with Crippen LogP contribution in [0.2, 0.25) is 0 Å². The third-order valence-corrected chi connectivity index (χ3v) is 5.02. The van der Waals surface area contributed by atoms with E-state index in [4.69, 9.17) is 14.2 Å². The van der Waals surface area contributed by atoms with Gasteiger partial charge in [-0.3, -0.25) is 4.68 Å². The van der Waals surface area contributed by atoms with E-state index < -0.39 is 6.10 Å². The maximum Gasteiger partial charge on any atom is 0.319 e. The summed E-state index contributed by atoms with van der Waals surface area (Å²) < 4.78 is 17.9. The SMILES string of the molecule is COCc1cn(CC[C@H]2CC[C@@H](NC(=O)Nc3ccc(OC)cc3)[C@@H](CO)O2)nn1. The third-order valence-electron chi connectivity index (χ3n) is 5.02. The van der Waals surface area contributed by atoms with Crippen molar-refractivity contribution in [3.8, 4) is 5.75 Å². The standard InChI is InChI=1S/C20H29N5O5/c1-28-13-15-11-25(24-23-15)10-9-17-7-8-18(19(12-26)30-17)22-20(27)21-14-3-5-16(29-2)6-4-14/h3-6,11,17-19,26H,7-10,12-13H2,1-2H3,(H2,21,22,27)/t17-,18-,19-/m1/s1. The van der Waals surface area contributed by atoms with Gasteiger partial charge in [0.25, 0.3) is 0 Å². The number of amides is 2. The Labute approximate surface area is 175 Å². The first-order valence-electron chi connectivity index (χ1n) is 9.97. The maximum atomic E-state index is 12.3. The molecular formula is C20H29N5O5. The van der Waals surface area contributed by atoms with E-state index in [2.05, 4.69) is 20.9 Å². The van der Waals surface area contributed by atoms with Crippen molar-refractivity contribution < 1.29 is 24.1 Å². The molecule has 3 N–H and O–H groups in total. The Hall–Kier alpha value is -2.69. The fourth-order valence-electron chi connectivity index (χ4n) is 3.46. The topological polar surface area (TPSA) is 120 Å². The molecule has 1 fully saturated rings. The first kappa shape index (κ1) is 22.0. The number of aromatic nitrogens is 3. The number of anilines is 1. The van der Waals surface area contributed by atoms with E-state index in [0.717, 1.165) is 25.0 Å². The van der Waals surface area contributed by atoms with E-state index in [1.54, 1.807) is 43.2 Å². The molecule has 1 aliphatic heterocycles. The number of hydrogen-bond acceptors (Lipinski definition) is 7. The molecule has 2 amide bonds. The van der Waals surface area contributed by atoms with E-state index in [1.165, 1.54) is 0 Å². The Morgan fingerprint density at radius 1 is 1.30 bits per heavy atom. The summed E-state index contributed by atoms with van der Waals surface area (Å²) in [6.07, 6.45) is 3.63. The van der Waals surface area contributed by atoms with Crippen molar-refractivity contribution in [1.82, 2.24) is 20.3 Å². The van der Waals surface area contributed by atoms with Gasteiger partial charge >= 0.3 is 6.03 Å². The average Bonchev–Trinajstić information content (AvgIpc) is 3.21. The summed E-state index contributed by atoms with van der Waals surface area (Å²) in [4.78, 5) is 12.3. The summed E-state index contributed by atoms with van der Waals surface area (Å²) in [6, 6.07) is 6.47. The fraction of sp³-hybridized carbons (Fsp3) is 0.550. The zero-order chi connectivity index (χ0) is 21.3. The molecule has 3 rings (SSSR count). The number of urea groups is 1. The van der Waals surface area contributed by atoms with Crippen molar-refractivity contribution in [3.05, 3.63) is 36.2 Å². The summed E-state index contributed by atoms with van der Waals surface area (Å²) in [6.45, 7) is 0.930. The molecule has 1 aromatic heterocycles. The number of ether oxygens (including phenoxy) is 3. The predicted octanol–water partition coefficient (Wildman–Crippen LogP) is 1.55. The first-order chi connectivity index (χ1) is 14.6. The van der Waals surface area contributed by atoms with Gasteiger partial charge in [0.05, 0.1) is 38.7 Å². The minimum Gasteiger partial charge on any atom is -0.497 e. The lowest BCUT2D eigenvalue weighted by Crippen LogP contribution is -2.52. The van der Waals surface area contributed by atoms with Gasteiger partial charge in [-0.25, -0.2) is 4.79 Å². The number of carbonyl (C=O) groups excluding carboxylic acids is 1. The summed E-state index contributed by atoms with van der Waals surface area (Å²) in [5.74, 6) is 0.717. The van der Waals surface area contributed by atoms with Crippen LogP contribution < -0.4 is 15.4 Å². The van der Waals surface area contributed by atoms with Gasteiger partial charge in [-0.05, 0) is 43.5 Å². The highest BCUT2D eigenvalue weighted by atomic mass is 16.5. The largest absolute Gasteiger partial charge is 0.497 e.